The van der Waals surface area contributed by atoms with Gasteiger partial charge in [-0.1, -0.05) is 23.7 Å². The number of nitrogens with two attached hydrogens (primary N) is 1. The summed E-state index contributed by atoms with van der Waals surface area (Å²) in [5.74, 6) is 0.457. The number of carbonyl (C=O) groups excluding carboxylic acids is 1. The van der Waals surface area contributed by atoms with Crippen molar-refractivity contribution in [2.24, 2.45) is 0 Å². The van der Waals surface area contributed by atoms with Gasteiger partial charge in [-0.25, -0.2) is 0 Å². The first-order valence-electron chi connectivity index (χ1n) is 6.51. The van der Waals surface area contributed by atoms with Gasteiger partial charge in [0, 0.05) is 5.69 Å². The Bertz CT molecular complexity index is 671. The van der Waals surface area contributed by atoms with Crippen molar-refractivity contribution in [3.05, 3.63) is 52.5 Å². The van der Waals surface area contributed by atoms with Crippen LogP contribution in [0.2, 0.25) is 5.02 Å². The van der Waals surface area contributed by atoms with Crippen LogP contribution in [0.4, 0.5) is 11.4 Å². The van der Waals surface area contributed by atoms with Crippen LogP contribution in [0.5, 0.6) is 5.75 Å². The van der Waals surface area contributed by atoms with Gasteiger partial charge in [-0.05, 0) is 49.2 Å². The lowest BCUT2D eigenvalue weighted by atomic mass is 10.1. The minimum absolute atomic E-state index is 0.0627. The van der Waals surface area contributed by atoms with E-state index < -0.39 is 0 Å². The maximum Gasteiger partial charge on any atom is 0.262 e. The molecule has 0 aliphatic heterocycles. The van der Waals surface area contributed by atoms with E-state index in [1.807, 2.05) is 32.0 Å². The van der Waals surface area contributed by atoms with E-state index in [4.69, 9.17) is 22.1 Å². The summed E-state index contributed by atoms with van der Waals surface area (Å²) < 4.78 is 5.54. The Morgan fingerprint density at radius 3 is 2.76 bits per heavy atom. The van der Waals surface area contributed by atoms with Crippen LogP contribution in [-0.2, 0) is 4.79 Å². The van der Waals surface area contributed by atoms with Gasteiger partial charge in [0.25, 0.3) is 5.91 Å². The summed E-state index contributed by atoms with van der Waals surface area (Å²) >= 11 is 5.83. The van der Waals surface area contributed by atoms with Gasteiger partial charge in [-0.3, -0.25) is 4.79 Å². The lowest BCUT2D eigenvalue weighted by molar-refractivity contribution is -0.118. The smallest absolute Gasteiger partial charge is 0.262 e. The zero-order chi connectivity index (χ0) is 15.4. The first kappa shape index (κ1) is 15.2. The highest BCUT2D eigenvalue weighted by Gasteiger charge is 2.07. The first-order valence-corrected chi connectivity index (χ1v) is 6.89. The lowest BCUT2D eigenvalue weighted by Crippen LogP contribution is -2.20. The number of hydrogen-bond donors (Lipinski definition) is 2. The van der Waals surface area contributed by atoms with E-state index in [9.17, 15) is 4.79 Å². The van der Waals surface area contributed by atoms with Crippen LogP contribution in [-0.4, -0.2) is 12.5 Å². The van der Waals surface area contributed by atoms with E-state index in [0.29, 0.717) is 22.1 Å². The van der Waals surface area contributed by atoms with Crippen molar-refractivity contribution >= 4 is 28.9 Å². The molecule has 0 fully saturated rings. The average Bonchev–Trinajstić information content (AvgIpc) is 2.44. The molecule has 0 aliphatic carbocycles. The summed E-state index contributed by atoms with van der Waals surface area (Å²) in [4.78, 5) is 11.9. The van der Waals surface area contributed by atoms with Crippen LogP contribution >= 0.6 is 11.6 Å². The van der Waals surface area contributed by atoms with E-state index >= 15 is 0 Å². The maximum absolute atomic E-state index is 11.9. The second-order valence-corrected chi connectivity index (χ2v) is 5.18. The van der Waals surface area contributed by atoms with Crippen molar-refractivity contribution in [2.75, 3.05) is 17.7 Å². The number of benzene rings is 2. The number of anilines is 2. The van der Waals surface area contributed by atoms with Crippen molar-refractivity contribution in [2.45, 2.75) is 13.8 Å². The second kappa shape index (κ2) is 6.50. The number of aryl methyl sites for hydroxylation is 1. The second-order valence-electron chi connectivity index (χ2n) is 4.77. The molecule has 0 unspecified atom stereocenters. The van der Waals surface area contributed by atoms with Gasteiger partial charge >= 0.3 is 0 Å². The van der Waals surface area contributed by atoms with Gasteiger partial charge < -0.3 is 15.8 Å². The lowest BCUT2D eigenvalue weighted by Gasteiger charge is -2.11. The highest BCUT2D eigenvalue weighted by molar-refractivity contribution is 6.33. The summed E-state index contributed by atoms with van der Waals surface area (Å²) in [6, 6.07) is 10.7. The quantitative estimate of drug-likeness (QED) is 0.849. The number of carbonyl (C=O) groups is 1. The highest BCUT2D eigenvalue weighted by Crippen LogP contribution is 2.23. The third-order valence-electron chi connectivity index (χ3n) is 3.19. The topological polar surface area (TPSA) is 64.3 Å². The normalized spacial score (nSPS) is 10.2. The number of rotatable bonds is 4. The zero-order valence-corrected chi connectivity index (χ0v) is 12.7. The number of ether oxygens (including phenoxy) is 1. The molecule has 1 amide bonds. The fourth-order valence-corrected chi connectivity index (χ4v) is 1.96. The first-order chi connectivity index (χ1) is 9.97. The van der Waals surface area contributed by atoms with Gasteiger partial charge in [0.15, 0.2) is 6.61 Å². The molecule has 5 heteroatoms. The largest absolute Gasteiger partial charge is 0.483 e. The molecule has 0 bridgehead atoms. The number of nitrogen functional groups attached to an aromatic ring is 1. The van der Waals surface area contributed by atoms with E-state index in [1.165, 1.54) is 0 Å². The van der Waals surface area contributed by atoms with E-state index in [-0.39, 0.29) is 12.5 Å². The molecule has 2 rings (SSSR count). The van der Waals surface area contributed by atoms with Gasteiger partial charge in [0.05, 0.1) is 10.7 Å². The predicted octanol–water partition coefficient (Wildman–Crippen LogP) is 3.56. The number of hydrogen-bond acceptors (Lipinski definition) is 3. The Morgan fingerprint density at radius 1 is 1.29 bits per heavy atom. The Labute approximate surface area is 128 Å². The highest BCUT2D eigenvalue weighted by atomic mass is 35.5. The molecular formula is C16H17ClN2O2. The summed E-state index contributed by atoms with van der Waals surface area (Å²) in [6.07, 6.45) is 0. The molecule has 0 spiro atoms. The molecule has 110 valence electrons. The van der Waals surface area contributed by atoms with Crippen molar-refractivity contribution in [3.63, 3.8) is 0 Å². The summed E-state index contributed by atoms with van der Waals surface area (Å²) in [5, 5.41) is 3.17. The SMILES string of the molecule is Cc1cccc(OCC(=O)Nc2ccc(Cl)c(N)c2)c1C. The molecule has 0 aromatic heterocycles. The molecule has 0 heterocycles. The summed E-state index contributed by atoms with van der Waals surface area (Å²) in [6.45, 7) is 3.90. The molecule has 2 aromatic rings. The molecule has 0 atom stereocenters. The minimum Gasteiger partial charge on any atom is -0.483 e. The van der Waals surface area contributed by atoms with Crippen LogP contribution in [0.1, 0.15) is 11.1 Å². The Hall–Kier alpha value is -2.20. The molecule has 0 saturated heterocycles. The molecule has 0 radical (unpaired) electrons. The van der Waals surface area contributed by atoms with Crippen molar-refractivity contribution in [1.29, 1.82) is 0 Å². The third kappa shape index (κ3) is 3.89. The standard InChI is InChI=1S/C16H17ClN2O2/c1-10-4-3-5-15(11(10)2)21-9-16(20)19-12-6-7-13(17)14(18)8-12/h3-8H,9,18H2,1-2H3,(H,19,20). The zero-order valence-electron chi connectivity index (χ0n) is 11.9. The van der Waals surface area contributed by atoms with Crippen LogP contribution in [0, 0.1) is 13.8 Å². The fourth-order valence-electron chi connectivity index (χ4n) is 1.84. The molecule has 2 aromatic carbocycles. The molecule has 4 nitrogen and oxygen atoms in total. The average molecular weight is 305 g/mol. The molecule has 0 saturated carbocycles. The minimum atomic E-state index is -0.252. The van der Waals surface area contributed by atoms with Crippen molar-refractivity contribution in [1.82, 2.24) is 0 Å². The van der Waals surface area contributed by atoms with Crippen LogP contribution in [0.3, 0.4) is 0 Å². The maximum atomic E-state index is 11.9. The molecule has 21 heavy (non-hydrogen) atoms. The Kier molecular flexibility index (Phi) is 4.70. The van der Waals surface area contributed by atoms with Crippen LogP contribution in [0.15, 0.2) is 36.4 Å². The summed E-state index contributed by atoms with van der Waals surface area (Å²) in [7, 11) is 0. The van der Waals surface area contributed by atoms with Crippen LogP contribution in [0.25, 0.3) is 0 Å². The van der Waals surface area contributed by atoms with Gasteiger partial charge in [-0.2, -0.15) is 0 Å². The molecular weight excluding hydrogens is 288 g/mol. The molecule has 3 N–H and O–H groups in total. The summed E-state index contributed by atoms with van der Waals surface area (Å²) in [5.41, 5.74) is 8.85. The number of halogens is 1. The predicted molar refractivity (Wildman–Crippen MR) is 85.9 cm³/mol. The number of nitrogens with one attached hydrogen (secondary N) is 1. The van der Waals surface area contributed by atoms with Crippen molar-refractivity contribution < 1.29 is 9.53 Å². The van der Waals surface area contributed by atoms with Gasteiger partial charge in [0.1, 0.15) is 5.75 Å². The van der Waals surface area contributed by atoms with Gasteiger partial charge in [-0.15, -0.1) is 0 Å². The fraction of sp³-hybridized carbons (Fsp3) is 0.188. The number of amides is 1. The van der Waals surface area contributed by atoms with Crippen LogP contribution < -0.4 is 15.8 Å². The van der Waals surface area contributed by atoms with E-state index in [2.05, 4.69) is 5.32 Å². The molecule has 0 aliphatic rings. The van der Waals surface area contributed by atoms with E-state index in [1.54, 1.807) is 18.2 Å². The van der Waals surface area contributed by atoms with E-state index in [0.717, 1.165) is 11.1 Å². The third-order valence-corrected chi connectivity index (χ3v) is 3.54. The van der Waals surface area contributed by atoms with Crippen molar-refractivity contribution in [3.8, 4) is 5.75 Å². The Balaban J connectivity index is 1.96. The monoisotopic (exact) mass is 304 g/mol. The van der Waals surface area contributed by atoms with Gasteiger partial charge in [0.2, 0.25) is 0 Å². The Morgan fingerprint density at radius 2 is 2.05 bits per heavy atom.